The van der Waals surface area contributed by atoms with E-state index in [9.17, 15) is 4.79 Å². The van der Waals surface area contributed by atoms with Crippen LogP contribution in [0.5, 0.6) is 5.75 Å². The van der Waals surface area contributed by atoms with Crippen LogP contribution >= 0.6 is 0 Å². The van der Waals surface area contributed by atoms with Gasteiger partial charge in [0, 0.05) is 0 Å². The number of hydrogen-bond acceptors (Lipinski definition) is 3. The van der Waals surface area contributed by atoms with Gasteiger partial charge in [-0.15, -0.1) is 6.42 Å². The van der Waals surface area contributed by atoms with E-state index in [0.29, 0.717) is 6.61 Å². The number of nitrogens with zero attached hydrogens (tertiary/aromatic N) is 2. The Labute approximate surface area is 124 Å². The van der Waals surface area contributed by atoms with Gasteiger partial charge >= 0.3 is 6.03 Å². The molecule has 21 heavy (non-hydrogen) atoms. The summed E-state index contributed by atoms with van der Waals surface area (Å²) in [6.45, 7) is 4.50. The van der Waals surface area contributed by atoms with Crippen molar-refractivity contribution in [1.82, 2.24) is 4.90 Å². The number of terminal acetylenes is 1. The first kappa shape index (κ1) is 14.9. The van der Waals surface area contributed by atoms with Crippen molar-refractivity contribution in [2.45, 2.75) is 32.4 Å². The second-order valence-electron chi connectivity index (χ2n) is 4.89. The van der Waals surface area contributed by atoms with Crippen LogP contribution in [-0.4, -0.2) is 29.4 Å². The van der Waals surface area contributed by atoms with Crippen molar-refractivity contribution in [3.8, 4) is 18.1 Å². The molecule has 1 heterocycles. The van der Waals surface area contributed by atoms with Gasteiger partial charge in [-0.2, -0.15) is 4.99 Å². The molecule has 0 aliphatic carbocycles. The van der Waals surface area contributed by atoms with Crippen LogP contribution < -0.4 is 10.5 Å². The summed E-state index contributed by atoms with van der Waals surface area (Å²) in [6.07, 6.45) is 6.37. The van der Waals surface area contributed by atoms with Gasteiger partial charge in [-0.1, -0.05) is 25.0 Å². The molecule has 2 unspecified atom stereocenters. The molecule has 2 atom stereocenters. The molecule has 5 heteroatoms. The third-order valence-corrected chi connectivity index (χ3v) is 3.33. The van der Waals surface area contributed by atoms with E-state index in [1.807, 2.05) is 24.3 Å². The molecule has 1 aliphatic rings. The number of carbonyl (C=O) groups is 1. The summed E-state index contributed by atoms with van der Waals surface area (Å²) in [4.78, 5) is 17.3. The van der Waals surface area contributed by atoms with Crippen molar-refractivity contribution in [2.24, 2.45) is 10.7 Å². The molecular weight excluding hydrogens is 266 g/mol. The largest absolute Gasteiger partial charge is 0.494 e. The number of rotatable bonds is 5. The highest BCUT2D eigenvalue weighted by atomic mass is 16.5. The monoisotopic (exact) mass is 285 g/mol. The molecule has 0 saturated carbocycles. The van der Waals surface area contributed by atoms with Crippen LogP contribution in [0.2, 0.25) is 0 Å². The number of aliphatic imine (C=N–C) groups is 1. The highest BCUT2D eigenvalue weighted by Crippen LogP contribution is 2.29. The maximum atomic E-state index is 11.9. The predicted octanol–water partition coefficient (Wildman–Crippen LogP) is 2.33. The number of hydrogen-bond donors (Lipinski definition) is 1. The summed E-state index contributed by atoms with van der Waals surface area (Å²) in [5.74, 6) is 3.61. The molecule has 2 amide bonds. The van der Waals surface area contributed by atoms with Crippen molar-refractivity contribution < 1.29 is 9.53 Å². The quantitative estimate of drug-likeness (QED) is 0.844. The molecule has 2 rings (SSSR count). The first-order chi connectivity index (χ1) is 10.1. The highest BCUT2D eigenvalue weighted by molar-refractivity contribution is 6.03. The van der Waals surface area contributed by atoms with Gasteiger partial charge in [0.15, 0.2) is 0 Å². The van der Waals surface area contributed by atoms with Crippen LogP contribution in [0.1, 0.15) is 31.9 Å². The number of amides is 2. The number of nitrogens with two attached hydrogens (primary N) is 1. The molecule has 110 valence electrons. The molecule has 0 radical (unpaired) electrons. The average Bonchev–Trinajstić information content (AvgIpc) is 2.79. The standard InChI is InChI=1S/C16H19N3O2/c1-4-10-21-13-8-6-12(7-9-13)14-15(17)18-16(20)19(14)11(3)5-2/h2,6-9,11,14H,4,10H2,1,3H3,(H2,17,18,20). The molecule has 0 aromatic heterocycles. The molecule has 1 aromatic carbocycles. The van der Waals surface area contributed by atoms with E-state index in [1.54, 1.807) is 6.92 Å². The minimum atomic E-state index is -0.413. The zero-order valence-corrected chi connectivity index (χ0v) is 12.2. The number of carbonyl (C=O) groups excluding carboxylic acids is 1. The van der Waals surface area contributed by atoms with Crippen molar-refractivity contribution in [3.05, 3.63) is 29.8 Å². The van der Waals surface area contributed by atoms with Crippen molar-refractivity contribution in [1.29, 1.82) is 0 Å². The number of benzene rings is 1. The fourth-order valence-electron chi connectivity index (χ4n) is 2.25. The molecule has 0 bridgehead atoms. The Hall–Kier alpha value is -2.48. The van der Waals surface area contributed by atoms with Crippen molar-refractivity contribution >= 4 is 11.9 Å². The Bertz CT molecular complexity index is 587. The van der Waals surface area contributed by atoms with E-state index in [2.05, 4.69) is 17.8 Å². The van der Waals surface area contributed by atoms with Crippen molar-refractivity contribution in [2.75, 3.05) is 6.61 Å². The van der Waals surface area contributed by atoms with E-state index in [1.165, 1.54) is 4.90 Å². The maximum Gasteiger partial charge on any atom is 0.347 e. The van der Waals surface area contributed by atoms with E-state index in [4.69, 9.17) is 16.9 Å². The van der Waals surface area contributed by atoms with E-state index in [-0.39, 0.29) is 11.9 Å². The molecule has 1 aromatic rings. The maximum absolute atomic E-state index is 11.9. The molecule has 1 aliphatic heterocycles. The first-order valence-electron chi connectivity index (χ1n) is 6.93. The molecule has 2 N–H and O–H groups in total. The summed E-state index contributed by atoms with van der Waals surface area (Å²) in [5.41, 5.74) is 6.76. The third kappa shape index (κ3) is 3.00. The molecule has 0 fully saturated rings. The van der Waals surface area contributed by atoms with Crippen LogP contribution in [0.25, 0.3) is 0 Å². The lowest BCUT2D eigenvalue weighted by atomic mass is 10.0. The summed E-state index contributed by atoms with van der Waals surface area (Å²) >= 11 is 0. The fourth-order valence-corrected chi connectivity index (χ4v) is 2.25. The molecule has 0 saturated heterocycles. The lowest BCUT2D eigenvalue weighted by Crippen LogP contribution is -2.38. The number of ether oxygens (including phenoxy) is 1. The zero-order chi connectivity index (χ0) is 15.4. The van der Waals surface area contributed by atoms with Gasteiger partial charge in [-0.25, -0.2) is 4.79 Å². The van der Waals surface area contributed by atoms with Crippen LogP contribution in [0.3, 0.4) is 0 Å². The molecule has 0 spiro atoms. The van der Waals surface area contributed by atoms with E-state index in [0.717, 1.165) is 17.7 Å². The van der Waals surface area contributed by atoms with Gasteiger partial charge in [0.05, 0.1) is 12.6 Å². The van der Waals surface area contributed by atoms with Crippen LogP contribution in [0.4, 0.5) is 4.79 Å². The van der Waals surface area contributed by atoms with Crippen LogP contribution in [0.15, 0.2) is 29.3 Å². The van der Waals surface area contributed by atoms with Crippen LogP contribution in [0, 0.1) is 12.3 Å². The third-order valence-electron chi connectivity index (χ3n) is 3.33. The van der Waals surface area contributed by atoms with Gasteiger partial charge in [0.1, 0.15) is 17.6 Å². The normalized spacial score (nSPS) is 19.1. The first-order valence-corrected chi connectivity index (χ1v) is 6.93. The Morgan fingerprint density at radius 3 is 2.71 bits per heavy atom. The topological polar surface area (TPSA) is 67.9 Å². The average molecular weight is 285 g/mol. The SMILES string of the molecule is C#CC(C)N1C(=O)N=C(N)C1c1ccc(OCCC)cc1. The van der Waals surface area contributed by atoms with Gasteiger partial charge in [-0.3, -0.25) is 4.90 Å². The molecule has 5 nitrogen and oxygen atoms in total. The summed E-state index contributed by atoms with van der Waals surface area (Å²) in [7, 11) is 0. The van der Waals surface area contributed by atoms with Crippen molar-refractivity contribution in [3.63, 3.8) is 0 Å². The van der Waals surface area contributed by atoms with Gasteiger partial charge in [0.2, 0.25) is 0 Å². The number of amidine groups is 1. The minimum absolute atomic E-state index is 0.268. The summed E-state index contributed by atoms with van der Waals surface area (Å²) < 4.78 is 5.54. The van der Waals surface area contributed by atoms with E-state index < -0.39 is 12.1 Å². The van der Waals surface area contributed by atoms with E-state index >= 15 is 0 Å². The van der Waals surface area contributed by atoms with Gasteiger partial charge in [0.25, 0.3) is 0 Å². The highest BCUT2D eigenvalue weighted by Gasteiger charge is 2.37. The van der Waals surface area contributed by atoms with Crippen LogP contribution in [-0.2, 0) is 0 Å². The Morgan fingerprint density at radius 2 is 2.14 bits per heavy atom. The summed E-state index contributed by atoms with van der Waals surface area (Å²) in [6, 6.07) is 6.31. The second kappa shape index (κ2) is 6.31. The zero-order valence-electron chi connectivity index (χ0n) is 12.2. The van der Waals surface area contributed by atoms with Gasteiger partial charge < -0.3 is 10.5 Å². The Balaban J connectivity index is 2.24. The smallest absolute Gasteiger partial charge is 0.347 e. The number of urea groups is 1. The van der Waals surface area contributed by atoms with Gasteiger partial charge in [-0.05, 0) is 31.0 Å². The lowest BCUT2D eigenvalue weighted by Gasteiger charge is -2.27. The lowest BCUT2D eigenvalue weighted by molar-refractivity contribution is 0.199. The Morgan fingerprint density at radius 1 is 1.48 bits per heavy atom. The second-order valence-corrected chi connectivity index (χ2v) is 4.89. The summed E-state index contributed by atoms with van der Waals surface area (Å²) in [5, 5.41) is 0. The molecular formula is C16H19N3O2. The predicted molar refractivity (Wildman–Crippen MR) is 82.1 cm³/mol. The minimum Gasteiger partial charge on any atom is -0.494 e. The Kier molecular flexibility index (Phi) is 4.49. The fraction of sp³-hybridized carbons (Fsp3) is 0.375.